The summed E-state index contributed by atoms with van der Waals surface area (Å²) in [5, 5.41) is 12.2. The summed E-state index contributed by atoms with van der Waals surface area (Å²) in [6.07, 6.45) is 0.931. The highest BCUT2D eigenvalue weighted by Gasteiger charge is 2.16. The van der Waals surface area contributed by atoms with Crippen LogP contribution >= 0.6 is 0 Å². The van der Waals surface area contributed by atoms with Crippen LogP contribution in [0.2, 0.25) is 0 Å². The van der Waals surface area contributed by atoms with Gasteiger partial charge in [0.2, 0.25) is 0 Å². The standard InChI is InChI=1S/C14H20N2O/c1-5-11-8-12(6-7-13(11)17-4)16-10-14(2,3)9-15/h6-8,16H,5,10H2,1-4H3. The normalized spacial score (nSPS) is 10.8. The summed E-state index contributed by atoms with van der Waals surface area (Å²) in [6, 6.07) is 8.29. The predicted octanol–water partition coefficient (Wildman–Crippen LogP) is 3.22. The Balaban J connectivity index is 2.77. The maximum atomic E-state index is 8.94. The zero-order chi connectivity index (χ0) is 12.9. The number of aryl methyl sites for hydroxylation is 1. The molecule has 1 rings (SSSR count). The average Bonchev–Trinajstić information content (AvgIpc) is 2.36. The van der Waals surface area contributed by atoms with Gasteiger partial charge >= 0.3 is 0 Å². The summed E-state index contributed by atoms with van der Waals surface area (Å²) in [5.74, 6) is 0.914. The Kier molecular flexibility index (Phi) is 4.39. The number of rotatable bonds is 5. The second kappa shape index (κ2) is 5.58. The van der Waals surface area contributed by atoms with Gasteiger partial charge in [-0.2, -0.15) is 5.26 Å². The molecule has 0 radical (unpaired) electrons. The van der Waals surface area contributed by atoms with Crippen molar-refractivity contribution in [3.05, 3.63) is 23.8 Å². The highest BCUT2D eigenvalue weighted by atomic mass is 16.5. The van der Waals surface area contributed by atoms with E-state index in [0.717, 1.165) is 17.9 Å². The van der Waals surface area contributed by atoms with Crippen LogP contribution in [0.3, 0.4) is 0 Å². The topological polar surface area (TPSA) is 45.0 Å². The molecular formula is C14H20N2O. The van der Waals surface area contributed by atoms with Crippen LogP contribution in [-0.2, 0) is 6.42 Å². The monoisotopic (exact) mass is 232 g/mol. The third kappa shape index (κ3) is 3.67. The minimum absolute atomic E-state index is 0.355. The number of hydrogen-bond donors (Lipinski definition) is 1. The number of nitrogens with one attached hydrogen (secondary N) is 1. The van der Waals surface area contributed by atoms with Gasteiger partial charge in [0.25, 0.3) is 0 Å². The molecular weight excluding hydrogens is 212 g/mol. The Bertz CT molecular complexity index is 419. The predicted molar refractivity (Wildman–Crippen MR) is 70.3 cm³/mol. The van der Waals surface area contributed by atoms with Crippen LogP contribution < -0.4 is 10.1 Å². The minimum atomic E-state index is -0.355. The Morgan fingerprint density at radius 3 is 2.65 bits per heavy atom. The molecule has 0 heterocycles. The van der Waals surface area contributed by atoms with E-state index in [4.69, 9.17) is 10.00 Å². The second-order valence-corrected chi connectivity index (χ2v) is 4.73. The molecule has 92 valence electrons. The Morgan fingerprint density at radius 2 is 2.12 bits per heavy atom. The molecule has 1 N–H and O–H groups in total. The van der Waals surface area contributed by atoms with Crippen molar-refractivity contribution in [3.8, 4) is 11.8 Å². The van der Waals surface area contributed by atoms with Crippen LogP contribution in [0.4, 0.5) is 5.69 Å². The molecule has 3 nitrogen and oxygen atoms in total. The van der Waals surface area contributed by atoms with Gasteiger partial charge in [0.15, 0.2) is 0 Å². The van der Waals surface area contributed by atoms with Crippen LogP contribution in [-0.4, -0.2) is 13.7 Å². The van der Waals surface area contributed by atoms with Crippen LogP contribution in [0.1, 0.15) is 26.3 Å². The van der Waals surface area contributed by atoms with Crippen LogP contribution in [0.25, 0.3) is 0 Å². The Labute approximate surface area is 103 Å². The lowest BCUT2D eigenvalue weighted by Crippen LogP contribution is -2.20. The van der Waals surface area contributed by atoms with E-state index >= 15 is 0 Å². The number of anilines is 1. The quantitative estimate of drug-likeness (QED) is 0.847. The number of nitriles is 1. The fourth-order valence-corrected chi connectivity index (χ4v) is 1.53. The van der Waals surface area contributed by atoms with Gasteiger partial charge in [-0.05, 0) is 44.0 Å². The molecule has 1 aromatic rings. The molecule has 3 heteroatoms. The summed E-state index contributed by atoms with van der Waals surface area (Å²) >= 11 is 0. The molecule has 0 bridgehead atoms. The second-order valence-electron chi connectivity index (χ2n) is 4.73. The molecule has 1 aromatic carbocycles. The van der Waals surface area contributed by atoms with Crippen molar-refractivity contribution in [1.29, 1.82) is 5.26 Å². The van der Waals surface area contributed by atoms with Gasteiger partial charge in [0.05, 0.1) is 18.6 Å². The molecule has 0 saturated carbocycles. The van der Waals surface area contributed by atoms with E-state index in [1.807, 2.05) is 26.0 Å². The summed E-state index contributed by atoms with van der Waals surface area (Å²) in [5.41, 5.74) is 1.85. The first kappa shape index (κ1) is 13.4. The SMILES string of the molecule is CCc1cc(NCC(C)(C)C#N)ccc1OC. The van der Waals surface area contributed by atoms with Gasteiger partial charge in [-0.25, -0.2) is 0 Å². The van der Waals surface area contributed by atoms with Crippen molar-refractivity contribution in [3.63, 3.8) is 0 Å². The molecule has 0 unspecified atom stereocenters. The van der Waals surface area contributed by atoms with E-state index in [9.17, 15) is 0 Å². The van der Waals surface area contributed by atoms with E-state index < -0.39 is 0 Å². The molecule has 0 saturated heterocycles. The maximum absolute atomic E-state index is 8.94. The van der Waals surface area contributed by atoms with E-state index in [1.54, 1.807) is 7.11 Å². The smallest absolute Gasteiger partial charge is 0.122 e. The minimum Gasteiger partial charge on any atom is -0.496 e. The maximum Gasteiger partial charge on any atom is 0.122 e. The largest absolute Gasteiger partial charge is 0.496 e. The van der Waals surface area contributed by atoms with Crippen molar-refractivity contribution < 1.29 is 4.74 Å². The Hall–Kier alpha value is -1.69. The van der Waals surface area contributed by atoms with Gasteiger partial charge in [-0.3, -0.25) is 0 Å². The number of ether oxygens (including phenoxy) is 1. The third-order valence-electron chi connectivity index (χ3n) is 2.70. The highest BCUT2D eigenvalue weighted by molar-refractivity contribution is 5.51. The van der Waals surface area contributed by atoms with Crippen molar-refractivity contribution in [2.24, 2.45) is 5.41 Å². The fourth-order valence-electron chi connectivity index (χ4n) is 1.53. The molecule has 0 aliphatic carbocycles. The van der Waals surface area contributed by atoms with Gasteiger partial charge < -0.3 is 10.1 Å². The van der Waals surface area contributed by atoms with Crippen LogP contribution in [0.5, 0.6) is 5.75 Å². The summed E-state index contributed by atoms with van der Waals surface area (Å²) in [7, 11) is 1.68. The lowest BCUT2D eigenvalue weighted by Gasteiger charge is -2.17. The Morgan fingerprint density at radius 1 is 1.41 bits per heavy atom. The lowest BCUT2D eigenvalue weighted by atomic mass is 9.96. The van der Waals surface area contributed by atoms with Crippen molar-refractivity contribution >= 4 is 5.69 Å². The molecule has 0 spiro atoms. The summed E-state index contributed by atoms with van der Waals surface area (Å²) in [6.45, 7) is 6.58. The number of methoxy groups -OCH3 is 1. The molecule has 0 atom stereocenters. The first-order valence-corrected chi connectivity index (χ1v) is 5.84. The van der Waals surface area contributed by atoms with Crippen molar-refractivity contribution in [2.45, 2.75) is 27.2 Å². The van der Waals surface area contributed by atoms with Crippen LogP contribution in [0, 0.1) is 16.7 Å². The van der Waals surface area contributed by atoms with Gasteiger partial charge in [-0.1, -0.05) is 6.92 Å². The van der Waals surface area contributed by atoms with E-state index in [-0.39, 0.29) is 5.41 Å². The molecule has 0 aromatic heterocycles. The van der Waals surface area contributed by atoms with Gasteiger partial charge in [-0.15, -0.1) is 0 Å². The van der Waals surface area contributed by atoms with Gasteiger partial charge in [0, 0.05) is 12.2 Å². The first-order valence-electron chi connectivity index (χ1n) is 5.84. The average molecular weight is 232 g/mol. The molecule has 0 aliphatic rings. The third-order valence-corrected chi connectivity index (χ3v) is 2.70. The number of hydrogen-bond acceptors (Lipinski definition) is 3. The molecule has 0 fully saturated rings. The zero-order valence-electron chi connectivity index (χ0n) is 11.0. The highest BCUT2D eigenvalue weighted by Crippen LogP contribution is 2.24. The molecule has 0 amide bonds. The molecule has 17 heavy (non-hydrogen) atoms. The van der Waals surface area contributed by atoms with Crippen LogP contribution in [0.15, 0.2) is 18.2 Å². The summed E-state index contributed by atoms with van der Waals surface area (Å²) < 4.78 is 5.28. The van der Waals surface area contributed by atoms with E-state index in [2.05, 4.69) is 24.4 Å². The lowest BCUT2D eigenvalue weighted by molar-refractivity contribution is 0.410. The zero-order valence-corrected chi connectivity index (χ0v) is 11.0. The number of benzene rings is 1. The van der Waals surface area contributed by atoms with E-state index in [0.29, 0.717) is 6.54 Å². The summed E-state index contributed by atoms with van der Waals surface area (Å²) in [4.78, 5) is 0. The van der Waals surface area contributed by atoms with Crippen molar-refractivity contribution in [1.82, 2.24) is 0 Å². The number of nitrogens with zero attached hydrogens (tertiary/aromatic N) is 1. The molecule has 0 aliphatic heterocycles. The first-order chi connectivity index (χ1) is 8.02. The van der Waals surface area contributed by atoms with Gasteiger partial charge in [0.1, 0.15) is 5.75 Å². The fraction of sp³-hybridized carbons (Fsp3) is 0.500. The van der Waals surface area contributed by atoms with E-state index in [1.165, 1.54) is 5.56 Å². The van der Waals surface area contributed by atoms with Crippen molar-refractivity contribution in [2.75, 3.05) is 19.0 Å².